The number of hydrogen-bond acceptors (Lipinski definition) is 2. The van der Waals surface area contributed by atoms with Crippen LogP contribution in [0, 0.1) is 12.7 Å². The van der Waals surface area contributed by atoms with Crippen LogP contribution in [0.3, 0.4) is 0 Å². The number of halogens is 2. The van der Waals surface area contributed by atoms with Crippen LogP contribution < -0.4 is 10.6 Å². The summed E-state index contributed by atoms with van der Waals surface area (Å²) < 4.78 is 14.2. The average Bonchev–Trinajstić information content (AvgIpc) is 2.40. The predicted molar refractivity (Wildman–Crippen MR) is 86.7 cm³/mol. The lowest BCUT2D eigenvalue weighted by Crippen LogP contribution is -2.21. The zero-order valence-corrected chi connectivity index (χ0v) is 13.2. The summed E-state index contributed by atoms with van der Waals surface area (Å²) in [5.74, 6) is -0.153. The van der Waals surface area contributed by atoms with Crippen molar-refractivity contribution in [2.24, 2.45) is 0 Å². The van der Waals surface area contributed by atoms with E-state index in [2.05, 4.69) is 20.8 Å². The summed E-state index contributed by atoms with van der Waals surface area (Å²) in [6, 6.07) is 11.1. The summed E-state index contributed by atoms with van der Waals surface area (Å²) in [6.45, 7) is 2.62. The smallest absolute Gasteiger partial charge is 0.126 e. The number of nitrogens with zero attached hydrogens (tertiary/aromatic N) is 1. The van der Waals surface area contributed by atoms with Crippen LogP contribution in [0.4, 0.5) is 15.8 Å². The number of benzene rings is 2. The number of aryl methyl sites for hydroxylation is 1. The maximum atomic E-state index is 13.2. The number of anilines is 2. The van der Waals surface area contributed by atoms with Crippen molar-refractivity contribution in [2.45, 2.75) is 13.3 Å². The third-order valence-corrected chi connectivity index (χ3v) is 3.85. The minimum absolute atomic E-state index is 0.153. The van der Waals surface area contributed by atoms with Gasteiger partial charge in [0.1, 0.15) is 5.82 Å². The van der Waals surface area contributed by atoms with Crippen LogP contribution in [-0.2, 0) is 6.42 Å². The van der Waals surface area contributed by atoms with E-state index in [1.165, 1.54) is 6.07 Å². The molecule has 2 rings (SSSR count). The van der Waals surface area contributed by atoms with E-state index in [4.69, 9.17) is 5.73 Å². The second-order valence-corrected chi connectivity index (χ2v) is 5.87. The third-order valence-electron chi connectivity index (χ3n) is 3.36. The summed E-state index contributed by atoms with van der Waals surface area (Å²) in [7, 11) is 2.01. The number of rotatable bonds is 4. The van der Waals surface area contributed by atoms with Crippen LogP contribution in [0.25, 0.3) is 0 Å². The molecule has 2 nitrogen and oxygen atoms in total. The van der Waals surface area contributed by atoms with Gasteiger partial charge in [0.15, 0.2) is 0 Å². The first-order chi connectivity index (χ1) is 9.47. The van der Waals surface area contributed by atoms with E-state index in [0.29, 0.717) is 5.56 Å². The topological polar surface area (TPSA) is 29.3 Å². The van der Waals surface area contributed by atoms with Crippen molar-refractivity contribution in [3.63, 3.8) is 0 Å². The van der Waals surface area contributed by atoms with Crippen molar-refractivity contribution in [1.82, 2.24) is 0 Å². The van der Waals surface area contributed by atoms with Crippen LogP contribution in [0.5, 0.6) is 0 Å². The monoisotopic (exact) mass is 336 g/mol. The van der Waals surface area contributed by atoms with Gasteiger partial charge in [-0.1, -0.05) is 28.1 Å². The number of hydrogen-bond donors (Lipinski definition) is 1. The van der Waals surface area contributed by atoms with Gasteiger partial charge in [-0.25, -0.2) is 4.39 Å². The van der Waals surface area contributed by atoms with Crippen molar-refractivity contribution < 1.29 is 4.39 Å². The van der Waals surface area contributed by atoms with Gasteiger partial charge in [0, 0.05) is 18.1 Å². The normalized spacial score (nSPS) is 10.6. The molecule has 0 heterocycles. The van der Waals surface area contributed by atoms with Gasteiger partial charge in [-0.3, -0.25) is 0 Å². The zero-order valence-electron chi connectivity index (χ0n) is 11.7. The maximum Gasteiger partial charge on any atom is 0.126 e. The van der Waals surface area contributed by atoms with Crippen molar-refractivity contribution in [2.75, 3.05) is 24.2 Å². The summed E-state index contributed by atoms with van der Waals surface area (Å²) in [6.07, 6.45) is 0.854. The molecule has 0 unspecified atom stereocenters. The molecule has 0 saturated heterocycles. The first kappa shape index (κ1) is 14.9. The summed E-state index contributed by atoms with van der Waals surface area (Å²) in [5.41, 5.74) is 9.59. The minimum Gasteiger partial charge on any atom is -0.397 e. The molecule has 0 aliphatic heterocycles. The number of likely N-dealkylation sites (N-methyl/N-ethyl adjacent to an activating group) is 1. The number of nitrogen functional groups attached to an aromatic ring is 1. The van der Waals surface area contributed by atoms with E-state index in [0.717, 1.165) is 34.4 Å². The van der Waals surface area contributed by atoms with Gasteiger partial charge in [0.05, 0.1) is 11.4 Å². The van der Waals surface area contributed by atoms with Crippen molar-refractivity contribution in [1.29, 1.82) is 0 Å². The van der Waals surface area contributed by atoms with E-state index in [9.17, 15) is 4.39 Å². The van der Waals surface area contributed by atoms with E-state index in [1.54, 1.807) is 6.92 Å². The van der Waals surface area contributed by atoms with Gasteiger partial charge in [-0.05, 0) is 48.7 Å². The molecule has 20 heavy (non-hydrogen) atoms. The molecule has 0 aromatic heterocycles. The fraction of sp³-hybridized carbons (Fsp3) is 0.250. The molecule has 4 heteroatoms. The van der Waals surface area contributed by atoms with E-state index in [-0.39, 0.29) is 5.82 Å². The van der Waals surface area contributed by atoms with Crippen molar-refractivity contribution in [3.8, 4) is 0 Å². The molecule has 0 amide bonds. The molecule has 0 fully saturated rings. The summed E-state index contributed by atoms with van der Waals surface area (Å²) in [5, 5.41) is 0. The molecule has 0 spiro atoms. The standard InChI is InChI=1S/C16H18BrFN2/c1-11-9-12(3-5-14(11)18)7-8-20(2)16-6-4-13(17)10-15(16)19/h3-6,9-10H,7-8,19H2,1-2H3. The summed E-state index contributed by atoms with van der Waals surface area (Å²) in [4.78, 5) is 2.11. The quantitative estimate of drug-likeness (QED) is 0.849. The van der Waals surface area contributed by atoms with E-state index in [1.807, 2.05) is 37.4 Å². The molecule has 0 saturated carbocycles. The van der Waals surface area contributed by atoms with Crippen LogP contribution in [0.15, 0.2) is 40.9 Å². The van der Waals surface area contributed by atoms with Gasteiger partial charge in [0.2, 0.25) is 0 Å². The lowest BCUT2D eigenvalue weighted by atomic mass is 10.1. The van der Waals surface area contributed by atoms with Crippen molar-refractivity contribution >= 4 is 27.3 Å². The van der Waals surface area contributed by atoms with Gasteiger partial charge in [-0.2, -0.15) is 0 Å². The molecule has 2 aromatic rings. The van der Waals surface area contributed by atoms with Crippen LogP contribution in [0.1, 0.15) is 11.1 Å². The Labute approximate surface area is 127 Å². The van der Waals surface area contributed by atoms with Gasteiger partial charge in [-0.15, -0.1) is 0 Å². The average molecular weight is 337 g/mol. The Morgan fingerprint density at radius 3 is 2.60 bits per heavy atom. The fourth-order valence-corrected chi connectivity index (χ4v) is 2.53. The van der Waals surface area contributed by atoms with Gasteiger partial charge < -0.3 is 10.6 Å². The molecule has 106 valence electrons. The van der Waals surface area contributed by atoms with Gasteiger partial charge >= 0.3 is 0 Å². The molecule has 2 N–H and O–H groups in total. The highest BCUT2D eigenvalue weighted by molar-refractivity contribution is 9.10. The number of nitrogens with two attached hydrogens (primary N) is 1. The Hall–Kier alpha value is -1.55. The molecular weight excluding hydrogens is 319 g/mol. The van der Waals surface area contributed by atoms with Crippen LogP contribution >= 0.6 is 15.9 Å². The van der Waals surface area contributed by atoms with E-state index >= 15 is 0 Å². The zero-order chi connectivity index (χ0) is 14.7. The molecule has 0 aliphatic carbocycles. The lowest BCUT2D eigenvalue weighted by Gasteiger charge is -2.21. The Morgan fingerprint density at radius 2 is 1.95 bits per heavy atom. The minimum atomic E-state index is -0.153. The first-order valence-electron chi connectivity index (χ1n) is 6.48. The highest BCUT2D eigenvalue weighted by atomic mass is 79.9. The molecule has 0 bridgehead atoms. The predicted octanol–water partition coefficient (Wildman–Crippen LogP) is 4.16. The summed E-state index contributed by atoms with van der Waals surface area (Å²) >= 11 is 3.40. The first-order valence-corrected chi connectivity index (χ1v) is 7.28. The third kappa shape index (κ3) is 3.51. The lowest BCUT2D eigenvalue weighted by molar-refractivity contribution is 0.617. The Bertz CT molecular complexity index is 613. The molecule has 0 atom stereocenters. The van der Waals surface area contributed by atoms with Gasteiger partial charge in [0.25, 0.3) is 0 Å². The van der Waals surface area contributed by atoms with Crippen LogP contribution in [0.2, 0.25) is 0 Å². The Morgan fingerprint density at radius 1 is 1.20 bits per heavy atom. The largest absolute Gasteiger partial charge is 0.397 e. The van der Waals surface area contributed by atoms with Crippen LogP contribution in [-0.4, -0.2) is 13.6 Å². The highest BCUT2D eigenvalue weighted by Crippen LogP contribution is 2.26. The molecule has 0 aliphatic rings. The Balaban J connectivity index is 2.04. The van der Waals surface area contributed by atoms with Crippen molar-refractivity contribution in [3.05, 3.63) is 57.8 Å². The van der Waals surface area contributed by atoms with E-state index < -0.39 is 0 Å². The molecule has 0 radical (unpaired) electrons. The Kier molecular flexibility index (Phi) is 4.65. The fourth-order valence-electron chi connectivity index (χ4n) is 2.15. The molecule has 2 aromatic carbocycles. The SMILES string of the molecule is Cc1cc(CCN(C)c2ccc(Br)cc2N)ccc1F. The molecular formula is C16H18BrFN2. The maximum absolute atomic E-state index is 13.2. The highest BCUT2D eigenvalue weighted by Gasteiger charge is 2.06. The second kappa shape index (κ2) is 6.27. The second-order valence-electron chi connectivity index (χ2n) is 4.96.